The van der Waals surface area contributed by atoms with Gasteiger partial charge in [0.05, 0.1) is 6.04 Å². The molecule has 98 valence electrons. The number of likely N-dealkylation sites (tertiary alicyclic amines) is 1. The molecule has 1 saturated heterocycles. The Kier molecular flexibility index (Phi) is 3.73. The van der Waals surface area contributed by atoms with Gasteiger partial charge in [0.25, 0.3) is 0 Å². The van der Waals surface area contributed by atoms with Gasteiger partial charge in [0.2, 0.25) is 5.91 Å². The third-order valence-corrected chi connectivity index (χ3v) is 3.96. The lowest BCUT2D eigenvalue weighted by molar-refractivity contribution is -0.136. The largest absolute Gasteiger partial charge is 0.334 e. The highest BCUT2D eigenvalue weighted by molar-refractivity contribution is 5.83. The summed E-state index contributed by atoms with van der Waals surface area (Å²) in [7, 11) is 2.12. The Balaban J connectivity index is 2.04. The Bertz CT molecular complexity index is 288. The minimum atomic E-state index is -0.332. The second-order valence-corrected chi connectivity index (χ2v) is 5.95. The molecule has 2 rings (SSSR count). The molecule has 1 saturated carbocycles. The van der Waals surface area contributed by atoms with Crippen molar-refractivity contribution in [3.8, 4) is 0 Å². The Morgan fingerprint density at radius 1 is 1.29 bits per heavy atom. The summed E-state index contributed by atoms with van der Waals surface area (Å²) in [5, 5.41) is 0. The quantitative estimate of drug-likeness (QED) is 0.784. The van der Waals surface area contributed by atoms with Crippen LogP contribution in [0.25, 0.3) is 0 Å². The minimum absolute atomic E-state index is 0.169. The van der Waals surface area contributed by atoms with Crippen LogP contribution in [0.1, 0.15) is 33.1 Å². The molecule has 0 aromatic heterocycles. The Morgan fingerprint density at radius 3 is 2.35 bits per heavy atom. The van der Waals surface area contributed by atoms with Gasteiger partial charge in [-0.25, -0.2) is 0 Å². The third kappa shape index (κ3) is 2.80. The van der Waals surface area contributed by atoms with Crippen LogP contribution in [0.5, 0.6) is 0 Å². The van der Waals surface area contributed by atoms with Crippen molar-refractivity contribution in [1.82, 2.24) is 9.80 Å². The predicted octanol–water partition coefficient (Wildman–Crippen LogP) is 0.665. The number of amides is 1. The Labute approximate surface area is 104 Å². The van der Waals surface area contributed by atoms with Crippen molar-refractivity contribution in [2.45, 2.75) is 51.2 Å². The van der Waals surface area contributed by atoms with Gasteiger partial charge in [-0.15, -0.1) is 0 Å². The highest BCUT2D eigenvalue weighted by Gasteiger charge is 2.41. The van der Waals surface area contributed by atoms with Gasteiger partial charge in [-0.05, 0) is 38.8 Å². The van der Waals surface area contributed by atoms with E-state index < -0.39 is 0 Å². The van der Waals surface area contributed by atoms with Crippen LogP contribution in [0.3, 0.4) is 0 Å². The number of carbonyl (C=O) groups excluding carboxylic acids is 1. The summed E-state index contributed by atoms with van der Waals surface area (Å²) in [6, 6.07) is 0.537. The molecule has 17 heavy (non-hydrogen) atoms. The summed E-state index contributed by atoms with van der Waals surface area (Å²) in [5.41, 5.74) is 6.02. The van der Waals surface area contributed by atoms with E-state index in [2.05, 4.69) is 16.8 Å². The zero-order valence-electron chi connectivity index (χ0n) is 11.2. The first-order valence-corrected chi connectivity index (χ1v) is 6.77. The SMILES string of the molecule is CC(C)[C@H](N)C(=O)N(C1CC1)[C@H]1CCN(C)C1. The van der Waals surface area contributed by atoms with Crippen LogP contribution in [-0.4, -0.2) is 54.0 Å². The van der Waals surface area contributed by atoms with Gasteiger partial charge < -0.3 is 15.5 Å². The second-order valence-electron chi connectivity index (χ2n) is 5.95. The molecule has 2 aliphatic rings. The van der Waals surface area contributed by atoms with E-state index in [-0.39, 0.29) is 17.9 Å². The first kappa shape index (κ1) is 12.8. The maximum atomic E-state index is 12.4. The van der Waals surface area contributed by atoms with Crippen LogP contribution in [0, 0.1) is 5.92 Å². The van der Waals surface area contributed by atoms with Crippen molar-refractivity contribution < 1.29 is 4.79 Å². The van der Waals surface area contributed by atoms with Crippen molar-refractivity contribution in [3.05, 3.63) is 0 Å². The molecule has 2 atom stereocenters. The number of rotatable bonds is 4. The summed E-state index contributed by atoms with van der Waals surface area (Å²) in [6.45, 7) is 6.15. The lowest BCUT2D eigenvalue weighted by Gasteiger charge is -2.32. The van der Waals surface area contributed by atoms with E-state index in [1.54, 1.807) is 0 Å². The van der Waals surface area contributed by atoms with Gasteiger partial charge in [-0.2, -0.15) is 0 Å². The summed E-state index contributed by atoms with van der Waals surface area (Å²) in [5.74, 6) is 0.394. The van der Waals surface area contributed by atoms with Gasteiger partial charge in [0.1, 0.15) is 0 Å². The van der Waals surface area contributed by atoms with Crippen LogP contribution < -0.4 is 5.73 Å². The molecule has 0 radical (unpaired) electrons. The fourth-order valence-electron chi connectivity index (χ4n) is 2.61. The number of nitrogens with two attached hydrogens (primary N) is 1. The lowest BCUT2D eigenvalue weighted by Crippen LogP contribution is -2.52. The summed E-state index contributed by atoms with van der Waals surface area (Å²) >= 11 is 0. The molecule has 4 heteroatoms. The molecule has 4 nitrogen and oxygen atoms in total. The lowest BCUT2D eigenvalue weighted by atomic mass is 10.0. The normalized spacial score (nSPS) is 27.5. The molecule has 1 heterocycles. The molecule has 0 spiro atoms. The number of likely N-dealkylation sites (N-methyl/N-ethyl adjacent to an activating group) is 1. The van der Waals surface area contributed by atoms with E-state index in [1.165, 1.54) is 0 Å². The predicted molar refractivity (Wildman–Crippen MR) is 68.6 cm³/mol. The molecule has 0 aromatic rings. The van der Waals surface area contributed by atoms with E-state index in [1.807, 2.05) is 13.8 Å². The van der Waals surface area contributed by atoms with Crippen LogP contribution in [0.15, 0.2) is 0 Å². The fraction of sp³-hybridized carbons (Fsp3) is 0.923. The van der Waals surface area contributed by atoms with Gasteiger partial charge >= 0.3 is 0 Å². The molecular formula is C13H25N3O. The molecule has 1 aliphatic carbocycles. The van der Waals surface area contributed by atoms with Crippen LogP contribution in [0.2, 0.25) is 0 Å². The van der Waals surface area contributed by atoms with Gasteiger partial charge in [0, 0.05) is 18.6 Å². The first-order chi connectivity index (χ1) is 8.00. The first-order valence-electron chi connectivity index (χ1n) is 6.77. The molecular weight excluding hydrogens is 214 g/mol. The molecule has 0 unspecified atom stereocenters. The van der Waals surface area contributed by atoms with E-state index in [0.717, 1.165) is 32.4 Å². The van der Waals surface area contributed by atoms with Crippen molar-refractivity contribution in [2.24, 2.45) is 11.7 Å². The van der Waals surface area contributed by atoms with Crippen molar-refractivity contribution in [2.75, 3.05) is 20.1 Å². The van der Waals surface area contributed by atoms with Gasteiger partial charge in [0.15, 0.2) is 0 Å². The number of carbonyl (C=O) groups is 1. The average molecular weight is 239 g/mol. The Hall–Kier alpha value is -0.610. The van der Waals surface area contributed by atoms with E-state index >= 15 is 0 Å². The van der Waals surface area contributed by atoms with Gasteiger partial charge in [-0.3, -0.25) is 4.79 Å². The highest BCUT2D eigenvalue weighted by Crippen LogP contribution is 2.32. The van der Waals surface area contributed by atoms with Gasteiger partial charge in [-0.1, -0.05) is 13.8 Å². The maximum Gasteiger partial charge on any atom is 0.240 e. The van der Waals surface area contributed by atoms with Crippen LogP contribution >= 0.6 is 0 Å². The number of hydrogen-bond donors (Lipinski definition) is 1. The smallest absolute Gasteiger partial charge is 0.240 e. The minimum Gasteiger partial charge on any atom is -0.334 e. The summed E-state index contributed by atoms with van der Waals surface area (Å²) in [4.78, 5) is 16.8. The zero-order chi connectivity index (χ0) is 12.6. The fourth-order valence-corrected chi connectivity index (χ4v) is 2.61. The average Bonchev–Trinajstić information content (AvgIpc) is 3.01. The molecule has 0 aromatic carbocycles. The number of hydrogen-bond acceptors (Lipinski definition) is 3. The van der Waals surface area contributed by atoms with Crippen molar-refractivity contribution in [1.29, 1.82) is 0 Å². The van der Waals surface area contributed by atoms with E-state index in [9.17, 15) is 4.79 Å². The molecule has 0 bridgehead atoms. The topological polar surface area (TPSA) is 49.6 Å². The highest BCUT2D eigenvalue weighted by atomic mass is 16.2. The van der Waals surface area contributed by atoms with Crippen molar-refractivity contribution in [3.63, 3.8) is 0 Å². The standard InChI is InChI=1S/C13H25N3O/c1-9(2)12(14)13(17)16(10-4-5-10)11-6-7-15(3)8-11/h9-12H,4-8,14H2,1-3H3/t11-,12-/m0/s1. The second kappa shape index (κ2) is 4.94. The van der Waals surface area contributed by atoms with E-state index in [4.69, 9.17) is 5.73 Å². The van der Waals surface area contributed by atoms with Crippen LogP contribution in [-0.2, 0) is 4.79 Å². The molecule has 2 N–H and O–H groups in total. The van der Waals surface area contributed by atoms with E-state index in [0.29, 0.717) is 12.1 Å². The zero-order valence-corrected chi connectivity index (χ0v) is 11.2. The summed E-state index contributed by atoms with van der Waals surface area (Å²) in [6.07, 6.45) is 3.43. The maximum absolute atomic E-state index is 12.4. The monoisotopic (exact) mass is 239 g/mol. The summed E-state index contributed by atoms with van der Waals surface area (Å²) < 4.78 is 0. The molecule has 1 amide bonds. The van der Waals surface area contributed by atoms with Crippen molar-refractivity contribution >= 4 is 5.91 Å². The number of nitrogens with zero attached hydrogens (tertiary/aromatic N) is 2. The Morgan fingerprint density at radius 2 is 1.94 bits per heavy atom. The molecule has 2 fully saturated rings. The van der Waals surface area contributed by atoms with Crippen LogP contribution in [0.4, 0.5) is 0 Å². The molecule has 1 aliphatic heterocycles. The third-order valence-electron chi connectivity index (χ3n) is 3.96.